The fourth-order valence-corrected chi connectivity index (χ4v) is 11.1. The molecule has 10 aliphatic rings. The summed E-state index contributed by atoms with van der Waals surface area (Å²) in [5.41, 5.74) is -1.17. The van der Waals surface area contributed by atoms with Gasteiger partial charge in [0.2, 0.25) is 11.6 Å². The number of rotatable bonds is 2. The fourth-order valence-electron chi connectivity index (χ4n) is 11.1. The second-order valence-corrected chi connectivity index (χ2v) is 15.9. The Kier molecular flexibility index (Phi) is 6.09. The molecule has 0 amide bonds. The molecule has 9 heteroatoms. The standard InChI is InChI=1S/C34H48O9/c1-17-7-9-23-19(3)27(36-29-33(23)21(17)13-15-31(5,38-29)40-42-33)25-11-12-26(35-25)28-20(4)24-10-8-18(2)22-14-16-32(6)39-30(37-28)34(22,24)43-41-32/h11-12,17-24,27-30H,7-10,13-16H2,1-6H3/t17-,18-,19?,20?,21+,22+,23+,24+,27-,28-,29-,30-,31-,32-,33-,34-/m1/s1. The van der Waals surface area contributed by atoms with Crippen LogP contribution in [-0.2, 0) is 38.5 Å². The molecule has 2 unspecified atom stereocenters. The lowest BCUT2D eigenvalue weighted by atomic mass is 9.57. The molecule has 16 atom stereocenters. The van der Waals surface area contributed by atoms with Gasteiger partial charge in [-0.3, -0.25) is 0 Å². The Labute approximate surface area is 254 Å². The first-order valence-electron chi connectivity index (χ1n) is 17.1. The van der Waals surface area contributed by atoms with Gasteiger partial charge in [-0.2, -0.15) is 0 Å². The highest BCUT2D eigenvalue weighted by Gasteiger charge is 2.71. The van der Waals surface area contributed by atoms with Crippen LogP contribution in [0.5, 0.6) is 0 Å². The molecule has 2 spiro atoms. The van der Waals surface area contributed by atoms with Gasteiger partial charge >= 0.3 is 0 Å². The minimum absolute atomic E-state index is 0.167. The highest BCUT2D eigenvalue weighted by Crippen LogP contribution is 2.64. The average Bonchev–Trinajstić information content (AvgIpc) is 3.20. The van der Waals surface area contributed by atoms with Gasteiger partial charge in [-0.15, -0.1) is 0 Å². The topological polar surface area (TPSA) is 87.0 Å². The molecule has 1 aromatic heterocycles. The van der Waals surface area contributed by atoms with Gasteiger partial charge < -0.3 is 23.4 Å². The van der Waals surface area contributed by atoms with Crippen LogP contribution < -0.4 is 0 Å². The molecule has 10 fully saturated rings. The summed E-state index contributed by atoms with van der Waals surface area (Å²) in [6, 6.07) is 4.16. The average molecular weight is 601 g/mol. The second-order valence-electron chi connectivity index (χ2n) is 15.9. The summed E-state index contributed by atoms with van der Waals surface area (Å²) in [6.45, 7) is 13.2. The predicted molar refractivity (Wildman–Crippen MR) is 150 cm³/mol. The molecular weight excluding hydrogens is 552 g/mol. The normalized spacial score (nSPS) is 58.7. The van der Waals surface area contributed by atoms with Crippen molar-refractivity contribution < 1.29 is 42.9 Å². The smallest absolute Gasteiger partial charge is 0.201 e. The van der Waals surface area contributed by atoms with Gasteiger partial charge in [0.15, 0.2) is 23.8 Å². The molecule has 0 N–H and O–H groups in total. The van der Waals surface area contributed by atoms with Gasteiger partial charge in [0.05, 0.1) is 0 Å². The number of hydrogen-bond donors (Lipinski definition) is 0. The third-order valence-corrected chi connectivity index (χ3v) is 13.5. The van der Waals surface area contributed by atoms with Crippen molar-refractivity contribution >= 4 is 0 Å². The van der Waals surface area contributed by atoms with Crippen molar-refractivity contribution in [2.45, 2.75) is 140 Å². The van der Waals surface area contributed by atoms with Gasteiger partial charge in [0.25, 0.3) is 0 Å². The quantitative estimate of drug-likeness (QED) is 0.329. The van der Waals surface area contributed by atoms with Crippen LogP contribution in [0.15, 0.2) is 16.5 Å². The zero-order valence-corrected chi connectivity index (χ0v) is 26.4. The Morgan fingerprint density at radius 1 is 0.558 bits per heavy atom. The Balaban J connectivity index is 1.03. The summed E-state index contributed by atoms with van der Waals surface area (Å²) in [5.74, 6) is 2.61. The molecular formula is C34H48O9. The summed E-state index contributed by atoms with van der Waals surface area (Å²) < 4.78 is 33.7. The van der Waals surface area contributed by atoms with Crippen molar-refractivity contribution in [1.82, 2.24) is 0 Å². The van der Waals surface area contributed by atoms with E-state index >= 15 is 0 Å². The molecule has 4 bridgehead atoms. The van der Waals surface area contributed by atoms with Crippen LogP contribution in [0.4, 0.5) is 0 Å². The molecule has 9 nitrogen and oxygen atoms in total. The number of hydrogen-bond acceptors (Lipinski definition) is 9. The van der Waals surface area contributed by atoms with Gasteiger partial charge in [0.1, 0.15) is 23.7 Å². The van der Waals surface area contributed by atoms with Crippen LogP contribution in [0.1, 0.15) is 117 Å². The van der Waals surface area contributed by atoms with Crippen molar-refractivity contribution in [2.75, 3.05) is 0 Å². The van der Waals surface area contributed by atoms with E-state index in [-0.39, 0.29) is 35.9 Å². The van der Waals surface area contributed by atoms with Crippen molar-refractivity contribution in [3.63, 3.8) is 0 Å². The van der Waals surface area contributed by atoms with E-state index in [1.807, 2.05) is 13.8 Å². The van der Waals surface area contributed by atoms with E-state index in [0.29, 0.717) is 23.7 Å². The lowest BCUT2D eigenvalue weighted by Crippen LogP contribution is -2.69. The SMILES string of the molecule is CC1[C@H](c2ccc([C@@H]3O[C@@H]4O[C@@]5(C)CC[C@H]6[C@H](C)CC[C@@H](C3C)[C@@]46OO5)o2)O[C@@H]2O[C@@]3(C)CC[C@H]4[C@H](C)CC[C@@H]1[C@@]24OO3. The zero-order valence-electron chi connectivity index (χ0n) is 26.4. The first kappa shape index (κ1) is 28.2. The van der Waals surface area contributed by atoms with E-state index in [4.69, 9.17) is 42.9 Å². The highest BCUT2D eigenvalue weighted by molar-refractivity contribution is 5.20. The summed E-state index contributed by atoms with van der Waals surface area (Å²) in [7, 11) is 0. The summed E-state index contributed by atoms with van der Waals surface area (Å²) in [5, 5.41) is 0. The third kappa shape index (κ3) is 3.68. The number of ether oxygens (including phenoxy) is 4. The molecule has 2 saturated carbocycles. The molecule has 0 aromatic carbocycles. The summed E-state index contributed by atoms with van der Waals surface area (Å²) >= 11 is 0. The lowest BCUT2D eigenvalue weighted by molar-refractivity contribution is -0.572. The van der Waals surface area contributed by atoms with Crippen LogP contribution in [0.3, 0.4) is 0 Å². The molecule has 0 radical (unpaired) electrons. The maximum atomic E-state index is 6.88. The first-order chi connectivity index (χ1) is 20.6. The monoisotopic (exact) mass is 600 g/mol. The van der Waals surface area contributed by atoms with Crippen molar-refractivity contribution in [3.8, 4) is 0 Å². The minimum Gasteiger partial charge on any atom is -0.461 e. The lowest BCUT2D eigenvalue weighted by Gasteiger charge is -2.60. The van der Waals surface area contributed by atoms with Crippen molar-refractivity contribution in [1.29, 1.82) is 0 Å². The first-order valence-corrected chi connectivity index (χ1v) is 17.1. The fraction of sp³-hybridized carbons (Fsp3) is 0.882. The van der Waals surface area contributed by atoms with Crippen LogP contribution >= 0.6 is 0 Å². The summed E-state index contributed by atoms with van der Waals surface area (Å²) in [6.07, 6.45) is 6.60. The van der Waals surface area contributed by atoms with E-state index in [0.717, 1.165) is 50.0 Å². The van der Waals surface area contributed by atoms with E-state index in [1.54, 1.807) is 0 Å². The molecule has 1 aromatic rings. The van der Waals surface area contributed by atoms with Crippen LogP contribution in [0, 0.1) is 47.3 Å². The van der Waals surface area contributed by atoms with E-state index in [2.05, 4.69) is 39.8 Å². The Morgan fingerprint density at radius 3 is 1.44 bits per heavy atom. The largest absolute Gasteiger partial charge is 0.461 e. The van der Waals surface area contributed by atoms with Crippen LogP contribution in [0.25, 0.3) is 0 Å². The van der Waals surface area contributed by atoms with Gasteiger partial charge in [-0.05, 0) is 100 Å². The second kappa shape index (κ2) is 9.28. The molecule has 8 saturated heterocycles. The van der Waals surface area contributed by atoms with Crippen LogP contribution in [-0.4, -0.2) is 35.4 Å². The molecule has 2 aliphatic carbocycles. The van der Waals surface area contributed by atoms with E-state index in [1.165, 1.54) is 12.8 Å². The number of fused-ring (bicyclic) bond motifs is 4. The zero-order chi connectivity index (χ0) is 29.5. The molecule has 11 rings (SSSR count). The van der Waals surface area contributed by atoms with Gasteiger partial charge in [-0.25, -0.2) is 19.6 Å². The highest BCUT2D eigenvalue weighted by atomic mass is 17.3. The van der Waals surface area contributed by atoms with Crippen molar-refractivity contribution in [2.24, 2.45) is 47.3 Å². The minimum atomic E-state index is -0.797. The summed E-state index contributed by atoms with van der Waals surface area (Å²) in [4.78, 5) is 24.7. The Bertz CT molecular complexity index is 1180. The van der Waals surface area contributed by atoms with Crippen LogP contribution in [0.2, 0.25) is 0 Å². The maximum absolute atomic E-state index is 6.88. The van der Waals surface area contributed by atoms with E-state index in [9.17, 15) is 0 Å². The molecule has 238 valence electrons. The molecule has 8 aliphatic heterocycles. The van der Waals surface area contributed by atoms with Crippen molar-refractivity contribution in [3.05, 3.63) is 23.7 Å². The predicted octanol–water partition coefficient (Wildman–Crippen LogP) is 7.13. The molecule has 43 heavy (non-hydrogen) atoms. The third-order valence-electron chi connectivity index (χ3n) is 13.5. The Morgan fingerprint density at radius 2 is 1.00 bits per heavy atom. The van der Waals surface area contributed by atoms with Gasteiger partial charge in [-0.1, -0.05) is 27.7 Å². The molecule has 9 heterocycles. The van der Waals surface area contributed by atoms with Gasteiger partial charge in [0, 0.05) is 24.7 Å². The number of furan rings is 1. The Hall–Kier alpha value is -1.04. The maximum Gasteiger partial charge on any atom is 0.201 e. The van der Waals surface area contributed by atoms with E-state index < -0.39 is 35.4 Å².